The number of nitrogens with one attached hydrogen (secondary N) is 1. The molecule has 29 heavy (non-hydrogen) atoms. The minimum atomic E-state index is -4.01. The van der Waals surface area contributed by atoms with Crippen LogP contribution in [-0.2, 0) is 10.0 Å². The average molecular weight is 410 g/mol. The third kappa shape index (κ3) is 3.58. The van der Waals surface area contributed by atoms with Gasteiger partial charge in [0.15, 0.2) is 0 Å². The number of hydrogen-bond acceptors (Lipinski definition) is 5. The van der Waals surface area contributed by atoms with Gasteiger partial charge in [-0.15, -0.1) is 0 Å². The molecule has 0 unspecified atom stereocenters. The predicted molar refractivity (Wildman–Crippen MR) is 109 cm³/mol. The highest BCUT2D eigenvalue weighted by Crippen LogP contribution is 2.31. The molecule has 1 fully saturated rings. The van der Waals surface area contributed by atoms with E-state index in [0.717, 1.165) is 12.8 Å². The molecule has 7 heteroatoms. The van der Waals surface area contributed by atoms with Gasteiger partial charge in [-0.25, -0.2) is 8.42 Å². The lowest BCUT2D eigenvalue weighted by Gasteiger charge is -2.36. The van der Waals surface area contributed by atoms with E-state index < -0.39 is 15.8 Å². The normalized spacial score (nSPS) is 19.9. The Balaban J connectivity index is 1.84. The number of nitrogens with zero attached hydrogens (tertiary/aromatic N) is 1. The zero-order valence-electron chi connectivity index (χ0n) is 16.1. The van der Waals surface area contributed by atoms with Crippen molar-refractivity contribution in [1.82, 2.24) is 9.62 Å². The molecular weight excluding hydrogens is 388 g/mol. The number of piperidine rings is 1. The second-order valence-corrected chi connectivity index (χ2v) is 9.22. The summed E-state index contributed by atoms with van der Waals surface area (Å²) in [4.78, 5) is 28.5. The van der Waals surface area contributed by atoms with Crippen molar-refractivity contribution in [2.45, 2.75) is 24.7 Å². The van der Waals surface area contributed by atoms with Gasteiger partial charge in [-0.1, -0.05) is 49.4 Å². The minimum Gasteiger partial charge on any atom is -0.366 e. The van der Waals surface area contributed by atoms with E-state index in [4.69, 9.17) is 0 Å². The zero-order chi connectivity index (χ0) is 20.6. The SMILES string of the molecule is C[C@@H]1CCCN(C2=C(NS(=O)(=O)c3ccccc3)C(=O)c3ccccc3C2=O)C1. The maximum Gasteiger partial charge on any atom is 0.262 e. The third-order valence-electron chi connectivity index (χ3n) is 5.36. The molecule has 1 aliphatic carbocycles. The van der Waals surface area contributed by atoms with E-state index in [9.17, 15) is 18.0 Å². The number of Topliss-reactive ketones (excluding diaryl/α,β-unsaturated/α-hetero) is 2. The summed E-state index contributed by atoms with van der Waals surface area (Å²) in [5, 5.41) is 0. The number of ketones is 2. The van der Waals surface area contributed by atoms with E-state index in [-0.39, 0.29) is 27.6 Å². The predicted octanol–water partition coefficient (Wildman–Crippen LogP) is 2.99. The van der Waals surface area contributed by atoms with E-state index in [0.29, 0.717) is 24.6 Å². The molecule has 1 heterocycles. The first-order valence-electron chi connectivity index (χ1n) is 9.64. The van der Waals surface area contributed by atoms with Crippen molar-refractivity contribution >= 4 is 21.6 Å². The molecule has 4 rings (SSSR count). The number of hydrogen-bond donors (Lipinski definition) is 1. The first-order valence-corrected chi connectivity index (χ1v) is 11.1. The molecule has 0 amide bonds. The molecule has 2 aromatic carbocycles. The minimum absolute atomic E-state index is 0.0398. The van der Waals surface area contributed by atoms with Gasteiger partial charge in [0.1, 0.15) is 11.4 Å². The second kappa shape index (κ2) is 7.48. The molecule has 0 aromatic heterocycles. The Hall–Kier alpha value is -2.93. The number of likely N-dealkylation sites (tertiary alicyclic amines) is 1. The fourth-order valence-corrected chi connectivity index (χ4v) is 5.04. The molecule has 2 aliphatic rings. The van der Waals surface area contributed by atoms with Crippen molar-refractivity contribution in [3.05, 3.63) is 77.1 Å². The fraction of sp³-hybridized carbons (Fsp3) is 0.273. The van der Waals surface area contributed by atoms with Crippen LogP contribution in [0, 0.1) is 5.92 Å². The topological polar surface area (TPSA) is 83.6 Å². The molecule has 1 aliphatic heterocycles. The van der Waals surface area contributed by atoms with Gasteiger partial charge in [0, 0.05) is 24.2 Å². The van der Waals surface area contributed by atoms with Crippen LogP contribution in [0.4, 0.5) is 0 Å². The zero-order valence-corrected chi connectivity index (χ0v) is 16.9. The molecule has 1 saturated heterocycles. The quantitative estimate of drug-likeness (QED) is 0.838. The maximum absolute atomic E-state index is 13.3. The Kier molecular flexibility index (Phi) is 5.00. The third-order valence-corrected chi connectivity index (χ3v) is 6.72. The number of benzene rings is 2. The summed E-state index contributed by atoms with van der Waals surface area (Å²) in [5.41, 5.74) is 0.525. The van der Waals surface area contributed by atoms with Crippen molar-refractivity contribution < 1.29 is 18.0 Å². The molecule has 1 atom stereocenters. The molecule has 0 bridgehead atoms. The van der Waals surface area contributed by atoms with Crippen molar-refractivity contribution in [3.8, 4) is 0 Å². The van der Waals surface area contributed by atoms with Crippen molar-refractivity contribution in [3.63, 3.8) is 0 Å². The van der Waals surface area contributed by atoms with Crippen LogP contribution in [0.15, 0.2) is 70.9 Å². The Morgan fingerprint density at radius 2 is 1.55 bits per heavy atom. The molecule has 6 nitrogen and oxygen atoms in total. The number of carbonyl (C=O) groups excluding carboxylic acids is 2. The van der Waals surface area contributed by atoms with Crippen LogP contribution in [0.25, 0.3) is 0 Å². The number of sulfonamides is 1. The van der Waals surface area contributed by atoms with E-state index in [1.807, 2.05) is 4.90 Å². The summed E-state index contributed by atoms with van der Waals surface area (Å²) in [5.74, 6) is -0.448. The van der Waals surface area contributed by atoms with Gasteiger partial charge in [-0.2, -0.15) is 0 Å². The molecule has 2 aromatic rings. The van der Waals surface area contributed by atoms with Gasteiger partial charge < -0.3 is 4.90 Å². The van der Waals surface area contributed by atoms with Crippen LogP contribution in [0.5, 0.6) is 0 Å². The van der Waals surface area contributed by atoms with Crippen LogP contribution in [-0.4, -0.2) is 38.0 Å². The molecule has 0 radical (unpaired) electrons. The summed E-state index contributed by atoms with van der Waals surface area (Å²) in [6, 6.07) is 14.4. The van der Waals surface area contributed by atoms with Gasteiger partial charge in [-0.05, 0) is 30.9 Å². The monoisotopic (exact) mass is 410 g/mol. The lowest BCUT2D eigenvalue weighted by molar-refractivity contribution is 0.0920. The average Bonchev–Trinajstić information content (AvgIpc) is 2.72. The van der Waals surface area contributed by atoms with Crippen molar-refractivity contribution in [2.24, 2.45) is 5.92 Å². The van der Waals surface area contributed by atoms with Crippen LogP contribution in [0.1, 0.15) is 40.5 Å². The molecule has 150 valence electrons. The Bertz CT molecular complexity index is 1110. The van der Waals surface area contributed by atoms with Gasteiger partial charge in [0.2, 0.25) is 11.6 Å². The first-order chi connectivity index (χ1) is 13.9. The smallest absolute Gasteiger partial charge is 0.262 e. The highest BCUT2D eigenvalue weighted by atomic mass is 32.2. The Labute approximate surface area is 170 Å². The number of fused-ring (bicyclic) bond motifs is 1. The standard InChI is InChI=1S/C22H22N2O4S/c1-15-8-7-13-24(14-15)20-19(23-29(27,28)16-9-3-2-4-10-16)21(25)17-11-5-6-12-18(17)22(20)26/h2-6,9-12,15,23H,7-8,13-14H2,1H3/t15-/m1/s1. The lowest BCUT2D eigenvalue weighted by Crippen LogP contribution is -2.43. The van der Waals surface area contributed by atoms with Crippen LogP contribution in [0.3, 0.4) is 0 Å². The molecule has 0 spiro atoms. The number of allylic oxidation sites excluding steroid dienone is 2. The van der Waals surface area contributed by atoms with Gasteiger partial charge in [0.05, 0.1) is 4.90 Å². The van der Waals surface area contributed by atoms with Gasteiger partial charge in [-0.3, -0.25) is 14.3 Å². The van der Waals surface area contributed by atoms with E-state index in [1.165, 1.54) is 12.1 Å². The van der Waals surface area contributed by atoms with Gasteiger partial charge in [0.25, 0.3) is 10.0 Å². The summed E-state index contributed by atoms with van der Waals surface area (Å²) in [6.45, 7) is 3.30. The Morgan fingerprint density at radius 1 is 0.931 bits per heavy atom. The maximum atomic E-state index is 13.3. The van der Waals surface area contributed by atoms with Gasteiger partial charge >= 0.3 is 0 Å². The lowest BCUT2D eigenvalue weighted by atomic mass is 9.88. The summed E-state index contributed by atoms with van der Waals surface area (Å²) in [7, 11) is -4.01. The summed E-state index contributed by atoms with van der Waals surface area (Å²) < 4.78 is 28.3. The molecule has 1 N–H and O–H groups in total. The van der Waals surface area contributed by atoms with Crippen LogP contribution in [0.2, 0.25) is 0 Å². The van der Waals surface area contributed by atoms with Crippen LogP contribution >= 0.6 is 0 Å². The number of carbonyl (C=O) groups is 2. The highest BCUT2D eigenvalue weighted by molar-refractivity contribution is 7.89. The van der Waals surface area contributed by atoms with Crippen LogP contribution < -0.4 is 4.72 Å². The van der Waals surface area contributed by atoms with E-state index in [1.54, 1.807) is 42.5 Å². The Morgan fingerprint density at radius 3 is 2.21 bits per heavy atom. The second-order valence-electron chi connectivity index (χ2n) is 7.54. The molecular formula is C22H22N2O4S. The fourth-order valence-electron chi connectivity index (χ4n) is 3.94. The number of rotatable bonds is 4. The van der Waals surface area contributed by atoms with Crippen molar-refractivity contribution in [1.29, 1.82) is 0 Å². The largest absolute Gasteiger partial charge is 0.366 e. The van der Waals surface area contributed by atoms with E-state index in [2.05, 4.69) is 11.6 Å². The van der Waals surface area contributed by atoms with Crippen molar-refractivity contribution in [2.75, 3.05) is 13.1 Å². The molecule has 0 saturated carbocycles. The van der Waals surface area contributed by atoms with E-state index >= 15 is 0 Å². The summed E-state index contributed by atoms with van der Waals surface area (Å²) >= 11 is 0. The first kappa shape index (κ1) is 19.4. The highest BCUT2D eigenvalue weighted by Gasteiger charge is 2.38. The summed E-state index contributed by atoms with van der Waals surface area (Å²) in [6.07, 6.45) is 1.92.